The zero-order valence-corrected chi connectivity index (χ0v) is 14.0. The molecule has 9 heteroatoms. The second-order valence-corrected chi connectivity index (χ2v) is 5.83. The molecule has 0 saturated heterocycles. The quantitative estimate of drug-likeness (QED) is 0.542. The van der Waals surface area contributed by atoms with E-state index >= 15 is 0 Å². The minimum Gasteiger partial charge on any atom is -0.319 e. The minimum atomic E-state index is -0.568. The van der Waals surface area contributed by atoms with Crippen LogP contribution in [0.4, 0.5) is 15.8 Å². The lowest BCUT2D eigenvalue weighted by Crippen LogP contribution is -2.11. The highest BCUT2D eigenvalue weighted by Crippen LogP contribution is 2.19. The van der Waals surface area contributed by atoms with Crippen molar-refractivity contribution in [2.45, 2.75) is 6.54 Å². The lowest BCUT2D eigenvalue weighted by molar-refractivity contribution is -0.384. The van der Waals surface area contributed by atoms with E-state index in [-0.39, 0.29) is 16.3 Å². The van der Waals surface area contributed by atoms with Crippen LogP contribution in [0.3, 0.4) is 0 Å². The number of nitro benzene ring substituents is 1. The number of rotatable bonds is 5. The number of hydrogen-bond acceptors (Lipinski definition) is 4. The zero-order valence-electron chi connectivity index (χ0n) is 13.2. The number of aromatic nitrogens is 2. The molecule has 0 aliphatic heterocycles. The van der Waals surface area contributed by atoms with Crippen molar-refractivity contribution in [3.63, 3.8) is 0 Å². The van der Waals surface area contributed by atoms with Gasteiger partial charge in [0.25, 0.3) is 11.6 Å². The van der Waals surface area contributed by atoms with Crippen molar-refractivity contribution in [1.29, 1.82) is 0 Å². The molecule has 0 aliphatic carbocycles. The van der Waals surface area contributed by atoms with Crippen LogP contribution in [0.2, 0.25) is 5.02 Å². The predicted octanol–water partition coefficient (Wildman–Crippen LogP) is 3.88. The molecule has 0 atom stereocenters. The summed E-state index contributed by atoms with van der Waals surface area (Å²) in [6, 6.07) is 9.49. The Labute approximate surface area is 152 Å². The molecule has 26 heavy (non-hydrogen) atoms. The maximum absolute atomic E-state index is 13.1. The molecule has 0 fully saturated rings. The Bertz CT molecular complexity index is 990. The van der Waals surface area contributed by atoms with Gasteiger partial charge in [-0.2, -0.15) is 5.10 Å². The average Bonchev–Trinajstić information content (AvgIpc) is 3.04. The van der Waals surface area contributed by atoms with Gasteiger partial charge >= 0.3 is 0 Å². The molecular weight excluding hydrogens is 363 g/mol. The number of nitrogens with one attached hydrogen (secondary N) is 1. The molecule has 1 N–H and O–H groups in total. The standard InChI is InChI=1S/C17H12ClFN4O3/c18-16-7-13(19)5-4-12(16)9-22-10-14(8-20-22)21-17(24)11-2-1-3-15(6-11)23(25)26/h1-8,10H,9H2,(H,21,24). The molecule has 7 nitrogen and oxygen atoms in total. The van der Waals surface area contributed by atoms with Crippen molar-refractivity contribution in [2.24, 2.45) is 0 Å². The third-order valence-corrected chi connectivity index (χ3v) is 3.91. The van der Waals surface area contributed by atoms with Gasteiger partial charge in [0.1, 0.15) is 5.82 Å². The summed E-state index contributed by atoms with van der Waals surface area (Å²) in [4.78, 5) is 22.4. The monoisotopic (exact) mass is 374 g/mol. The van der Waals surface area contributed by atoms with Gasteiger partial charge in [-0.15, -0.1) is 0 Å². The molecule has 3 aromatic rings. The van der Waals surface area contributed by atoms with Gasteiger partial charge in [0.05, 0.1) is 23.4 Å². The number of hydrogen-bond donors (Lipinski definition) is 1. The molecule has 1 aromatic heterocycles. The van der Waals surface area contributed by atoms with E-state index in [0.717, 1.165) is 0 Å². The highest BCUT2D eigenvalue weighted by Gasteiger charge is 2.12. The van der Waals surface area contributed by atoms with E-state index in [2.05, 4.69) is 10.4 Å². The Kier molecular flexibility index (Phi) is 4.94. The largest absolute Gasteiger partial charge is 0.319 e. The number of carbonyl (C=O) groups excluding carboxylic acids is 1. The lowest BCUT2D eigenvalue weighted by Gasteiger charge is -2.05. The van der Waals surface area contributed by atoms with E-state index in [0.29, 0.717) is 17.8 Å². The Morgan fingerprint density at radius 1 is 1.31 bits per heavy atom. The SMILES string of the molecule is O=C(Nc1cnn(Cc2ccc(F)cc2Cl)c1)c1cccc([N+](=O)[O-])c1. The van der Waals surface area contributed by atoms with Crippen LogP contribution in [-0.2, 0) is 6.54 Å². The number of carbonyl (C=O) groups is 1. The highest BCUT2D eigenvalue weighted by atomic mass is 35.5. The van der Waals surface area contributed by atoms with E-state index in [1.807, 2.05) is 0 Å². The van der Waals surface area contributed by atoms with Crippen LogP contribution in [-0.4, -0.2) is 20.6 Å². The molecule has 0 spiro atoms. The summed E-state index contributed by atoms with van der Waals surface area (Å²) in [5, 5.41) is 17.8. The molecule has 2 aromatic carbocycles. The number of anilines is 1. The summed E-state index contributed by atoms with van der Waals surface area (Å²) in [6.45, 7) is 0.297. The van der Waals surface area contributed by atoms with Crippen molar-refractivity contribution in [1.82, 2.24) is 9.78 Å². The Balaban J connectivity index is 1.71. The Morgan fingerprint density at radius 3 is 2.85 bits per heavy atom. The lowest BCUT2D eigenvalue weighted by atomic mass is 10.2. The predicted molar refractivity (Wildman–Crippen MR) is 93.8 cm³/mol. The first-order valence-electron chi connectivity index (χ1n) is 7.44. The van der Waals surface area contributed by atoms with Gasteiger partial charge in [-0.3, -0.25) is 19.6 Å². The molecule has 0 saturated carbocycles. The average molecular weight is 375 g/mol. The van der Waals surface area contributed by atoms with Crippen molar-refractivity contribution < 1.29 is 14.1 Å². The van der Waals surface area contributed by atoms with Crippen LogP contribution in [0.1, 0.15) is 15.9 Å². The van der Waals surface area contributed by atoms with Crippen LogP contribution in [0.15, 0.2) is 54.9 Å². The molecule has 0 unspecified atom stereocenters. The molecule has 132 valence electrons. The fourth-order valence-corrected chi connectivity index (χ4v) is 2.53. The van der Waals surface area contributed by atoms with Crippen molar-refractivity contribution in [3.05, 3.63) is 86.9 Å². The van der Waals surface area contributed by atoms with E-state index in [4.69, 9.17) is 11.6 Å². The molecule has 0 radical (unpaired) electrons. The second-order valence-electron chi connectivity index (χ2n) is 5.42. The fraction of sp³-hybridized carbons (Fsp3) is 0.0588. The summed E-state index contributed by atoms with van der Waals surface area (Å²) in [6.07, 6.45) is 3.02. The van der Waals surface area contributed by atoms with E-state index in [1.54, 1.807) is 12.3 Å². The molecular formula is C17H12ClFN4O3. The van der Waals surface area contributed by atoms with E-state index in [1.165, 1.54) is 47.3 Å². The van der Waals surface area contributed by atoms with Gasteiger partial charge in [-0.25, -0.2) is 4.39 Å². The zero-order chi connectivity index (χ0) is 18.7. The highest BCUT2D eigenvalue weighted by molar-refractivity contribution is 6.31. The maximum atomic E-state index is 13.1. The number of amides is 1. The first-order chi connectivity index (χ1) is 12.4. The maximum Gasteiger partial charge on any atom is 0.270 e. The first-order valence-corrected chi connectivity index (χ1v) is 7.82. The Morgan fingerprint density at radius 2 is 2.12 bits per heavy atom. The molecule has 0 aliphatic rings. The number of halogens is 2. The molecule has 3 rings (SSSR count). The number of benzene rings is 2. The van der Waals surface area contributed by atoms with Crippen LogP contribution < -0.4 is 5.32 Å². The topological polar surface area (TPSA) is 90.1 Å². The summed E-state index contributed by atoms with van der Waals surface area (Å²) in [5.41, 5.74) is 1.08. The van der Waals surface area contributed by atoms with Gasteiger partial charge in [-0.05, 0) is 23.8 Å². The normalized spacial score (nSPS) is 10.5. The van der Waals surface area contributed by atoms with Crippen LogP contribution in [0.5, 0.6) is 0 Å². The smallest absolute Gasteiger partial charge is 0.270 e. The third-order valence-electron chi connectivity index (χ3n) is 3.56. The van der Waals surface area contributed by atoms with Gasteiger partial charge in [0.2, 0.25) is 0 Å². The third kappa shape index (κ3) is 4.04. The summed E-state index contributed by atoms with van der Waals surface area (Å²) in [7, 11) is 0. The molecule has 0 bridgehead atoms. The summed E-state index contributed by atoms with van der Waals surface area (Å²) >= 11 is 5.99. The summed E-state index contributed by atoms with van der Waals surface area (Å²) in [5.74, 6) is -0.919. The first kappa shape index (κ1) is 17.6. The van der Waals surface area contributed by atoms with E-state index < -0.39 is 16.6 Å². The number of nitro groups is 1. The second kappa shape index (κ2) is 7.32. The van der Waals surface area contributed by atoms with Gasteiger partial charge in [-0.1, -0.05) is 23.7 Å². The van der Waals surface area contributed by atoms with Crippen molar-refractivity contribution in [3.8, 4) is 0 Å². The minimum absolute atomic E-state index is 0.161. The van der Waals surface area contributed by atoms with Crippen LogP contribution in [0.25, 0.3) is 0 Å². The van der Waals surface area contributed by atoms with Crippen LogP contribution >= 0.6 is 11.6 Å². The molecule has 1 amide bonds. The van der Waals surface area contributed by atoms with Gasteiger partial charge in [0, 0.05) is 28.9 Å². The van der Waals surface area contributed by atoms with Crippen molar-refractivity contribution >= 4 is 28.9 Å². The Hall–Kier alpha value is -3.26. The van der Waals surface area contributed by atoms with E-state index in [9.17, 15) is 19.3 Å². The van der Waals surface area contributed by atoms with Gasteiger partial charge < -0.3 is 5.32 Å². The van der Waals surface area contributed by atoms with Crippen LogP contribution in [0, 0.1) is 15.9 Å². The summed E-state index contributed by atoms with van der Waals surface area (Å²) < 4.78 is 14.6. The van der Waals surface area contributed by atoms with Gasteiger partial charge in [0.15, 0.2) is 0 Å². The van der Waals surface area contributed by atoms with Crippen molar-refractivity contribution in [2.75, 3.05) is 5.32 Å². The number of non-ortho nitro benzene ring substituents is 1. The molecule has 1 heterocycles. The fourth-order valence-electron chi connectivity index (χ4n) is 2.30. The number of nitrogens with zero attached hydrogens (tertiary/aromatic N) is 3.